The fourth-order valence-corrected chi connectivity index (χ4v) is 2.97. The molecular weight excluding hydrogens is 372 g/mol. The maximum atomic E-state index is 13.9. The molecule has 1 unspecified atom stereocenters. The molecule has 1 aromatic heterocycles. The van der Waals surface area contributed by atoms with Gasteiger partial charge in [0, 0.05) is 44.2 Å². The molecule has 1 atom stereocenters. The molecule has 148 valence electrons. The van der Waals surface area contributed by atoms with Crippen molar-refractivity contribution in [1.29, 1.82) is 0 Å². The highest BCUT2D eigenvalue weighted by Crippen LogP contribution is 2.18. The molecule has 10 heteroatoms. The summed E-state index contributed by atoms with van der Waals surface area (Å²) in [6, 6.07) is 1.64. The molecule has 28 heavy (non-hydrogen) atoms. The molecule has 0 radical (unpaired) electrons. The van der Waals surface area contributed by atoms with Gasteiger partial charge in [-0.3, -0.25) is 14.9 Å². The molecule has 1 saturated heterocycles. The Morgan fingerprint density at radius 3 is 2.86 bits per heavy atom. The zero-order valence-electron chi connectivity index (χ0n) is 15.1. The lowest BCUT2D eigenvalue weighted by molar-refractivity contribution is -0.136. The van der Waals surface area contributed by atoms with Crippen molar-refractivity contribution in [3.8, 4) is 0 Å². The van der Waals surface area contributed by atoms with Crippen molar-refractivity contribution in [2.24, 2.45) is 7.05 Å². The summed E-state index contributed by atoms with van der Waals surface area (Å²) >= 11 is 0. The molecule has 0 bridgehead atoms. The third-order valence-electron chi connectivity index (χ3n) is 4.46. The highest BCUT2D eigenvalue weighted by atomic mass is 19.1. The number of piperidine rings is 1. The van der Waals surface area contributed by atoms with E-state index in [1.165, 1.54) is 35.0 Å². The van der Waals surface area contributed by atoms with Gasteiger partial charge < -0.3 is 14.8 Å². The molecule has 1 aromatic carbocycles. The molecule has 0 spiro atoms. The molecule has 2 N–H and O–H groups in total. The largest absolute Gasteiger partial charge is 0.336 e. The van der Waals surface area contributed by atoms with Gasteiger partial charge in [0.05, 0.1) is 0 Å². The predicted molar refractivity (Wildman–Crippen MR) is 96.4 cm³/mol. The molecule has 2 heterocycles. The number of hydrogen-bond donors (Lipinski definition) is 2. The molecule has 0 saturated carbocycles. The number of nitrogens with one attached hydrogen (secondary N) is 2. The molecular formula is C18H19F2N5O3. The highest BCUT2D eigenvalue weighted by Gasteiger charge is 2.30. The van der Waals surface area contributed by atoms with Crippen LogP contribution in [0, 0.1) is 11.6 Å². The van der Waals surface area contributed by atoms with Gasteiger partial charge in [0.25, 0.3) is 5.56 Å². The number of hydrogen-bond acceptors (Lipinski definition) is 4. The predicted octanol–water partition coefficient (Wildman–Crippen LogP) is 1.37. The van der Waals surface area contributed by atoms with E-state index in [0.29, 0.717) is 19.4 Å². The molecule has 1 aliphatic heterocycles. The molecule has 8 nitrogen and oxygen atoms in total. The third kappa shape index (κ3) is 4.33. The number of rotatable bonds is 4. The number of urea groups is 1. The lowest BCUT2D eigenvalue weighted by atomic mass is 10.0. The Labute approximate surface area is 159 Å². The van der Waals surface area contributed by atoms with E-state index in [0.717, 1.165) is 12.1 Å². The zero-order valence-corrected chi connectivity index (χ0v) is 15.1. The van der Waals surface area contributed by atoms with E-state index < -0.39 is 29.3 Å². The Morgan fingerprint density at radius 1 is 1.32 bits per heavy atom. The van der Waals surface area contributed by atoms with Crippen LogP contribution in [0.25, 0.3) is 0 Å². The Bertz CT molecular complexity index is 962. The summed E-state index contributed by atoms with van der Waals surface area (Å²) in [5.41, 5.74) is -0.294. The van der Waals surface area contributed by atoms with Crippen LogP contribution in [0.15, 0.2) is 35.4 Å². The van der Waals surface area contributed by atoms with Gasteiger partial charge >= 0.3 is 6.03 Å². The van der Waals surface area contributed by atoms with E-state index in [4.69, 9.17) is 0 Å². The molecule has 1 fully saturated rings. The van der Waals surface area contributed by atoms with Gasteiger partial charge in [-0.1, -0.05) is 6.07 Å². The number of amides is 3. The number of anilines is 1. The van der Waals surface area contributed by atoms with Crippen LogP contribution < -0.4 is 16.2 Å². The number of halogens is 2. The summed E-state index contributed by atoms with van der Waals surface area (Å²) in [6.45, 7) is 0.377. The summed E-state index contributed by atoms with van der Waals surface area (Å²) in [7, 11) is 1.52. The summed E-state index contributed by atoms with van der Waals surface area (Å²) in [4.78, 5) is 41.9. The van der Waals surface area contributed by atoms with E-state index in [2.05, 4.69) is 15.6 Å². The third-order valence-corrected chi connectivity index (χ3v) is 4.46. The summed E-state index contributed by atoms with van der Waals surface area (Å²) in [6.07, 6.45) is 3.82. The van der Waals surface area contributed by atoms with E-state index in [-0.39, 0.29) is 23.8 Å². The first-order valence-corrected chi connectivity index (χ1v) is 8.67. The second-order valence-corrected chi connectivity index (χ2v) is 6.48. The van der Waals surface area contributed by atoms with E-state index >= 15 is 0 Å². The van der Waals surface area contributed by atoms with Gasteiger partial charge in [0.1, 0.15) is 17.7 Å². The van der Waals surface area contributed by atoms with E-state index in [1.54, 1.807) is 0 Å². The number of nitrogens with zero attached hydrogens (tertiary/aromatic N) is 3. The number of carbonyl (C=O) groups excluding carboxylic acids is 2. The fraction of sp³-hybridized carbons (Fsp3) is 0.333. The molecule has 1 aliphatic rings. The standard InChI is InChI=1S/C18H19F2N5O3/c1-24-8-6-21-15(17(24)27)23-18(28)22-14-3-2-7-25(16(14)26)10-11-4-5-12(19)9-13(11)20/h4-6,8-9,14H,2-3,7,10H2,1H3,(H2,21,22,23,28). The molecule has 0 aliphatic carbocycles. The van der Waals surface area contributed by atoms with E-state index in [1.807, 2.05) is 0 Å². The van der Waals surface area contributed by atoms with Crippen molar-refractivity contribution >= 4 is 17.8 Å². The average Bonchev–Trinajstić information content (AvgIpc) is 2.64. The van der Waals surface area contributed by atoms with E-state index in [9.17, 15) is 23.2 Å². The Balaban J connectivity index is 1.64. The van der Waals surface area contributed by atoms with Crippen molar-refractivity contribution in [2.45, 2.75) is 25.4 Å². The first kappa shape index (κ1) is 19.5. The lowest BCUT2D eigenvalue weighted by Crippen LogP contribution is -2.53. The van der Waals surface area contributed by atoms with Gasteiger partial charge in [-0.2, -0.15) is 0 Å². The smallest absolute Gasteiger partial charge is 0.321 e. The monoisotopic (exact) mass is 391 g/mol. The minimum absolute atomic E-state index is 0.0223. The van der Waals surface area contributed by atoms with Crippen LogP contribution in [-0.4, -0.2) is 39.0 Å². The minimum atomic E-state index is -0.815. The second kappa shape index (κ2) is 8.15. The van der Waals surface area contributed by atoms with Crippen molar-refractivity contribution in [3.63, 3.8) is 0 Å². The number of aryl methyl sites for hydroxylation is 1. The number of benzene rings is 1. The summed E-state index contributed by atoms with van der Waals surface area (Å²) < 4.78 is 28.2. The normalized spacial score (nSPS) is 16.8. The highest BCUT2D eigenvalue weighted by molar-refractivity contribution is 5.93. The minimum Gasteiger partial charge on any atom is -0.336 e. The first-order chi connectivity index (χ1) is 13.3. The van der Waals surface area contributed by atoms with Gasteiger partial charge in [0.15, 0.2) is 0 Å². The Hall–Kier alpha value is -3.30. The van der Waals surface area contributed by atoms with Crippen LogP contribution in [0.3, 0.4) is 0 Å². The van der Waals surface area contributed by atoms with Crippen LogP contribution in [0.4, 0.5) is 19.4 Å². The SMILES string of the molecule is Cn1ccnc(NC(=O)NC2CCCN(Cc3ccc(F)cc3F)C2=O)c1=O. The number of likely N-dealkylation sites (tertiary alicyclic amines) is 1. The van der Waals surface area contributed by atoms with Gasteiger partial charge in [-0.05, 0) is 18.9 Å². The van der Waals surface area contributed by atoms with Gasteiger partial charge in [-0.15, -0.1) is 0 Å². The van der Waals surface area contributed by atoms with Gasteiger partial charge in [0.2, 0.25) is 11.7 Å². The van der Waals surface area contributed by atoms with Crippen molar-refractivity contribution in [2.75, 3.05) is 11.9 Å². The van der Waals surface area contributed by atoms with Crippen molar-refractivity contribution in [1.82, 2.24) is 19.8 Å². The summed E-state index contributed by atoms with van der Waals surface area (Å²) in [5, 5.41) is 4.85. The number of aromatic nitrogens is 2. The van der Waals surface area contributed by atoms with Crippen LogP contribution in [-0.2, 0) is 18.4 Å². The molecule has 3 amide bonds. The van der Waals surface area contributed by atoms with Crippen molar-refractivity contribution < 1.29 is 18.4 Å². The quantitative estimate of drug-likeness (QED) is 0.823. The second-order valence-electron chi connectivity index (χ2n) is 6.48. The molecule has 3 rings (SSSR count). The van der Waals surface area contributed by atoms with Crippen LogP contribution in [0.2, 0.25) is 0 Å². The maximum Gasteiger partial charge on any atom is 0.321 e. The first-order valence-electron chi connectivity index (χ1n) is 8.67. The molecule has 2 aromatic rings. The Kier molecular flexibility index (Phi) is 5.67. The Morgan fingerprint density at radius 2 is 2.11 bits per heavy atom. The average molecular weight is 391 g/mol. The van der Waals surface area contributed by atoms with Gasteiger partial charge in [-0.25, -0.2) is 18.6 Å². The number of carbonyl (C=O) groups is 2. The zero-order chi connectivity index (χ0) is 20.3. The van der Waals surface area contributed by atoms with Crippen LogP contribution in [0.1, 0.15) is 18.4 Å². The maximum absolute atomic E-state index is 13.9. The topological polar surface area (TPSA) is 96.3 Å². The van der Waals surface area contributed by atoms with Crippen molar-refractivity contribution in [3.05, 3.63) is 58.1 Å². The fourth-order valence-electron chi connectivity index (χ4n) is 2.97. The van der Waals surface area contributed by atoms with Crippen LogP contribution in [0.5, 0.6) is 0 Å². The lowest BCUT2D eigenvalue weighted by Gasteiger charge is -2.32. The summed E-state index contributed by atoms with van der Waals surface area (Å²) in [5.74, 6) is -1.95. The van der Waals surface area contributed by atoms with Crippen LogP contribution >= 0.6 is 0 Å².